The van der Waals surface area contributed by atoms with E-state index in [0.29, 0.717) is 29.2 Å². The summed E-state index contributed by atoms with van der Waals surface area (Å²) in [6.45, 7) is 6.11. The van der Waals surface area contributed by atoms with Crippen molar-refractivity contribution in [3.8, 4) is 5.69 Å². The Balaban J connectivity index is 1.85. The highest BCUT2D eigenvalue weighted by atomic mass is 35.5. The van der Waals surface area contributed by atoms with Crippen molar-refractivity contribution >= 4 is 23.6 Å². The predicted molar refractivity (Wildman–Crippen MR) is 97.5 cm³/mol. The molecule has 1 saturated heterocycles. The van der Waals surface area contributed by atoms with Crippen LogP contribution in [0.25, 0.3) is 5.69 Å². The number of nitrogens with one attached hydrogen (secondary N) is 1. The van der Waals surface area contributed by atoms with Crippen LogP contribution >= 0.6 is 11.6 Å². The Bertz CT molecular complexity index is 864. The smallest absolute Gasteiger partial charge is 0.408 e. The number of carbonyl (C=O) groups excluding carboxylic acids is 1. The zero-order valence-electron chi connectivity index (χ0n) is 15.3. The van der Waals surface area contributed by atoms with E-state index in [0.717, 1.165) is 0 Å². The third kappa shape index (κ3) is 3.23. The van der Waals surface area contributed by atoms with Gasteiger partial charge in [0.15, 0.2) is 0 Å². The number of likely N-dealkylation sites (tertiary alicyclic amines) is 1. The molecule has 1 aliphatic heterocycles. The lowest BCUT2D eigenvalue weighted by Gasteiger charge is -2.56. The number of hydrogen-bond acceptors (Lipinski definition) is 5. The van der Waals surface area contributed by atoms with Crippen LogP contribution in [0, 0.1) is 5.41 Å². The summed E-state index contributed by atoms with van der Waals surface area (Å²) in [5.41, 5.74) is -0.265. The van der Waals surface area contributed by atoms with E-state index in [9.17, 15) is 14.7 Å². The predicted octanol–water partition coefficient (Wildman–Crippen LogP) is 2.10. The van der Waals surface area contributed by atoms with Gasteiger partial charge in [-0.15, -0.1) is 5.10 Å². The van der Waals surface area contributed by atoms with Crippen molar-refractivity contribution in [3.05, 3.63) is 35.1 Å². The summed E-state index contributed by atoms with van der Waals surface area (Å²) in [5.74, 6) is -0.328. The summed E-state index contributed by atoms with van der Waals surface area (Å²) in [6, 6.07) is 5.18. The zero-order valence-corrected chi connectivity index (χ0v) is 16.1. The monoisotopic (exact) mass is 392 g/mol. The number of tetrazole rings is 1. The van der Waals surface area contributed by atoms with Crippen molar-refractivity contribution in [3.63, 3.8) is 0 Å². The Morgan fingerprint density at radius 3 is 2.63 bits per heavy atom. The highest BCUT2D eigenvalue weighted by Crippen LogP contribution is 2.45. The Labute approximate surface area is 161 Å². The molecule has 0 saturated carbocycles. The molecule has 0 unspecified atom stereocenters. The standard InChI is InChI=1S/C17H21ClN6O3/c1-16(2,3)17(6-7-23(17)15(26)27)14(25)19-9-11-8-12(18)4-5-13(11)24-10-20-21-22-24/h4-5,8,10H,6-7,9H2,1-3H3,(H,19,25)(H,26,27)/t17-/m1/s1. The van der Waals surface area contributed by atoms with Gasteiger partial charge in [0, 0.05) is 18.1 Å². The minimum absolute atomic E-state index is 0.167. The van der Waals surface area contributed by atoms with Gasteiger partial charge in [0.05, 0.1) is 5.69 Å². The van der Waals surface area contributed by atoms with Gasteiger partial charge in [-0.2, -0.15) is 0 Å². The van der Waals surface area contributed by atoms with Gasteiger partial charge in [-0.3, -0.25) is 9.69 Å². The normalized spacial score (nSPS) is 19.5. The van der Waals surface area contributed by atoms with E-state index in [1.807, 2.05) is 20.8 Å². The molecule has 3 rings (SSSR count). The second kappa shape index (κ2) is 6.80. The average Bonchev–Trinajstić information content (AvgIpc) is 3.04. The lowest BCUT2D eigenvalue weighted by atomic mass is 9.65. The molecule has 27 heavy (non-hydrogen) atoms. The molecule has 0 spiro atoms. The molecule has 144 valence electrons. The van der Waals surface area contributed by atoms with E-state index in [1.165, 1.54) is 15.9 Å². The van der Waals surface area contributed by atoms with Crippen LogP contribution < -0.4 is 5.32 Å². The number of nitrogens with zero attached hydrogens (tertiary/aromatic N) is 5. The molecule has 1 aromatic carbocycles. The van der Waals surface area contributed by atoms with E-state index < -0.39 is 17.0 Å². The largest absolute Gasteiger partial charge is 0.465 e. The Morgan fingerprint density at radius 2 is 2.11 bits per heavy atom. The van der Waals surface area contributed by atoms with Crippen LogP contribution in [-0.2, 0) is 11.3 Å². The van der Waals surface area contributed by atoms with Crippen molar-refractivity contribution in [2.45, 2.75) is 39.3 Å². The Morgan fingerprint density at radius 1 is 1.37 bits per heavy atom. The molecule has 1 aliphatic rings. The minimum Gasteiger partial charge on any atom is -0.465 e. The summed E-state index contributed by atoms with van der Waals surface area (Å²) < 4.78 is 1.48. The second-order valence-electron chi connectivity index (χ2n) is 7.50. The fraction of sp³-hybridized carbons (Fsp3) is 0.471. The number of amides is 2. The highest BCUT2D eigenvalue weighted by molar-refractivity contribution is 6.30. The number of benzene rings is 1. The maximum Gasteiger partial charge on any atom is 0.408 e. The van der Waals surface area contributed by atoms with Crippen LogP contribution in [0.4, 0.5) is 4.79 Å². The minimum atomic E-state index is -1.10. The molecule has 1 fully saturated rings. The van der Waals surface area contributed by atoms with Gasteiger partial charge in [0.1, 0.15) is 11.9 Å². The maximum absolute atomic E-state index is 13.1. The van der Waals surface area contributed by atoms with E-state index in [-0.39, 0.29) is 12.5 Å². The number of aromatic nitrogens is 4. The van der Waals surface area contributed by atoms with Crippen LogP contribution in [0.5, 0.6) is 0 Å². The molecule has 0 bridgehead atoms. The summed E-state index contributed by atoms with van der Waals surface area (Å²) in [5, 5.41) is 24.0. The first-order valence-electron chi connectivity index (χ1n) is 8.47. The second-order valence-corrected chi connectivity index (χ2v) is 7.94. The number of halogens is 1. The third-order valence-electron chi connectivity index (χ3n) is 5.08. The van der Waals surface area contributed by atoms with Crippen LogP contribution in [0.15, 0.2) is 24.5 Å². The first-order valence-corrected chi connectivity index (χ1v) is 8.85. The van der Waals surface area contributed by atoms with Crippen LogP contribution in [0.3, 0.4) is 0 Å². The molecule has 2 N–H and O–H groups in total. The lowest BCUT2D eigenvalue weighted by Crippen LogP contribution is -2.74. The van der Waals surface area contributed by atoms with Crippen molar-refractivity contribution < 1.29 is 14.7 Å². The first kappa shape index (κ1) is 19.1. The fourth-order valence-corrected chi connectivity index (χ4v) is 3.77. The molecule has 0 radical (unpaired) electrons. The van der Waals surface area contributed by atoms with Crippen molar-refractivity contribution in [2.75, 3.05) is 6.54 Å². The van der Waals surface area contributed by atoms with Crippen LogP contribution in [-0.4, -0.2) is 54.3 Å². The van der Waals surface area contributed by atoms with Crippen LogP contribution in [0.1, 0.15) is 32.8 Å². The molecule has 1 aromatic heterocycles. The van der Waals surface area contributed by atoms with E-state index >= 15 is 0 Å². The highest BCUT2D eigenvalue weighted by Gasteiger charge is 2.60. The molecular formula is C17H21ClN6O3. The quantitative estimate of drug-likeness (QED) is 0.823. The SMILES string of the molecule is CC(C)(C)[C@]1(C(=O)NCc2cc(Cl)ccc2-n2cnnn2)CCN1C(=O)O. The first-order chi connectivity index (χ1) is 12.7. The van der Waals surface area contributed by atoms with Crippen LogP contribution in [0.2, 0.25) is 5.02 Å². The van der Waals surface area contributed by atoms with Crippen molar-refractivity contribution in [2.24, 2.45) is 5.41 Å². The molecule has 2 amide bonds. The van der Waals surface area contributed by atoms with E-state index in [2.05, 4.69) is 20.8 Å². The molecular weight excluding hydrogens is 372 g/mol. The molecule has 0 aliphatic carbocycles. The number of rotatable bonds is 4. The van der Waals surface area contributed by atoms with Gasteiger partial charge in [0.2, 0.25) is 5.91 Å². The van der Waals surface area contributed by atoms with Gasteiger partial charge in [0.25, 0.3) is 0 Å². The number of hydrogen-bond donors (Lipinski definition) is 2. The van der Waals surface area contributed by atoms with Gasteiger partial charge in [-0.25, -0.2) is 9.48 Å². The zero-order chi connectivity index (χ0) is 19.8. The van der Waals surface area contributed by atoms with Crippen molar-refractivity contribution in [1.29, 1.82) is 0 Å². The molecule has 9 nitrogen and oxygen atoms in total. The van der Waals surface area contributed by atoms with E-state index in [1.54, 1.807) is 18.2 Å². The van der Waals surface area contributed by atoms with Crippen molar-refractivity contribution in [1.82, 2.24) is 30.4 Å². The van der Waals surface area contributed by atoms with E-state index in [4.69, 9.17) is 11.6 Å². The molecule has 2 aromatic rings. The molecule has 1 atom stereocenters. The average molecular weight is 393 g/mol. The Hall–Kier alpha value is -2.68. The Kier molecular flexibility index (Phi) is 4.81. The summed E-state index contributed by atoms with van der Waals surface area (Å²) >= 11 is 6.10. The summed E-state index contributed by atoms with van der Waals surface area (Å²) in [7, 11) is 0. The molecule has 2 heterocycles. The number of carboxylic acid groups (broad SMARTS) is 1. The third-order valence-corrected chi connectivity index (χ3v) is 5.32. The number of carbonyl (C=O) groups is 2. The molecule has 10 heteroatoms. The van der Waals surface area contributed by atoms with Gasteiger partial charge < -0.3 is 10.4 Å². The maximum atomic E-state index is 13.1. The topological polar surface area (TPSA) is 113 Å². The van der Waals surface area contributed by atoms with Gasteiger partial charge in [-0.1, -0.05) is 32.4 Å². The fourth-order valence-electron chi connectivity index (χ4n) is 3.58. The van der Waals surface area contributed by atoms with Gasteiger partial charge in [-0.05, 0) is 46.0 Å². The van der Waals surface area contributed by atoms with Gasteiger partial charge >= 0.3 is 6.09 Å². The summed E-state index contributed by atoms with van der Waals surface area (Å²) in [4.78, 5) is 25.9. The summed E-state index contributed by atoms with van der Waals surface area (Å²) in [6.07, 6.45) is 0.830. The lowest BCUT2D eigenvalue weighted by molar-refractivity contribution is -0.152.